The van der Waals surface area contributed by atoms with Crippen LogP contribution in [-0.2, 0) is 30.9 Å². The maximum absolute atomic E-state index is 12.3. The molecule has 3 rings (SSSR count). The number of rotatable bonds is 6. The Balaban J connectivity index is 1.64. The molecule has 0 fully saturated rings. The Hall–Kier alpha value is -3.62. The molecule has 1 aliphatic rings. The van der Waals surface area contributed by atoms with Crippen LogP contribution >= 0.6 is 0 Å². The van der Waals surface area contributed by atoms with Crippen LogP contribution in [0.2, 0.25) is 0 Å². The average Bonchev–Trinajstić information content (AvgIpc) is 3.14. The van der Waals surface area contributed by atoms with Gasteiger partial charge in [0.25, 0.3) is 5.91 Å². The number of ether oxygens (including phenoxy) is 2. The highest BCUT2D eigenvalue weighted by atomic mass is 16.5. The molecule has 2 heterocycles. The molecule has 0 bridgehead atoms. The molecule has 2 aromatic rings. The standard InChI is InChI=1S/C19H20N4O5/c1-11-17(12(2)23(3)22-11)21-15(25)10-28-19(26)16-14(24)9-27-18(16)20-13-7-5-4-6-8-13/h4-8,20H,9-10H2,1-3H3,(H,21,25). The normalized spacial score (nSPS) is 13.3. The maximum Gasteiger partial charge on any atom is 0.347 e. The van der Waals surface area contributed by atoms with E-state index < -0.39 is 24.3 Å². The molecule has 28 heavy (non-hydrogen) atoms. The van der Waals surface area contributed by atoms with Crippen LogP contribution in [0.25, 0.3) is 0 Å². The van der Waals surface area contributed by atoms with E-state index in [2.05, 4.69) is 15.7 Å². The molecular weight excluding hydrogens is 364 g/mol. The number of esters is 1. The number of aryl methyl sites for hydroxylation is 2. The number of nitrogens with zero attached hydrogens (tertiary/aromatic N) is 2. The van der Waals surface area contributed by atoms with Gasteiger partial charge in [0.1, 0.15) is 0 Å². The van der Waals surface area contributed by atoms with Crippen molar-refractivity contribution in [2.45, 2.75) is 13.8 Å². The zero-order chi connectivity index (χ0) is 20.3. The van der Waals surface area contributed by atoms with E-state index in [1.807, 2.05) is 13.0 Å². The SMILES string of the molecule is Cc1nn(C)c(C)c1NC(=O)COC(=O)C1=C(Nc2ccccc2)OCC1=O. The van der Waals surface area contributed by atoms with Crippen molar-refractivity contribution in [2.75, 3.05) is 23.8 Å². The largest absolute Gasteiger partial charge is 0.470 e. The molecular formula is C19H20N4O5. The van der Waals surface area contributed by atoms with Gasteiger partial charge in [-0.15, -0.1) is 0 Å². The van der Waals surface area contributed by atoms with Crippen molar-refractivity contribution < 1.29 is 23.9 Å². The summed E-state index contributed by atoms with van der Waals surface area (Å²) in [7, 11) is 1.76. The minimum absolute atomic E-state index is 0.0144. The van der Waals surface area contributed by atoms with Gasteiger partial charge < -0.3 is 20.1 Å². The molecule has 1 aromatic heterocycles. The molecule has 2 N–H and O–H groups in total. The van der Waals surface area contributed by atoms with Crippen molar-refractivity contribution in [1.29, 1.82) is 0 Å². The molecule has 1 aromatic carbocycles. The lowest BCUT2D eigenvalue weighted by molar-refractivity contribution is -0.144. The van der Waals surface area contributed by atoms with E-state index in [4.69, 9.17) is 9.47 Å². The van der Waals surface area contributed by atoms with Crippen LogP contribution < -0.4 is 10.6 Å². The molecule has 0 saturated carbocycles. The second-order valence-corrected chi connectivity index (χ2v) is 6.20. The minimum atomic E-state index is -0.921. The first kappa shape index (κ1) is 19.2. The Morgan fingerprint density at radius 3 is 2.61 bits per heavy atom. The highest BCUT2D eigenvalue weighted by molar-refractivity contribution is 6.20. The van der Waals surface area contributed by atoms with Gasteiger partial charge in [0.2, 0.25) is 11.7 Å². The second-order valence-electron chi connectivity index (χ2n) is 6.20. The van der Waals surface area contributed by atoms with Crippen LogP contribution in [-0.4, -0.2) is 40.7 Å². The number of carbonyl (C=O) groups excluding carboxylic acids is 3. The van der Waals surface area contributed by atoms with Gasteiger partial charge in [-0.1, -0.05) is 18.2 Å². The van der Waals surface area contributed by atoms with Gasteiger partial charge >= 0.3 is 5.97 Å². The second kappa shape index (κ2) is 7.95. The molecule has 0 spiro atoms. The molecule has 0 unspecified atom stereocenters. The fourth-order valence-corrected chi connectivity index (χ4v) is 2.70. The molecule has 1 aliphatic heterocycles. The van der Waals surface area contributed by atoms with Crippen LogP contribution in [0.4, 0.5) is 11.4 Å². The van der Waals surface area contributed by atoms with E-state index in [1.165, 1.54) is 0 Å². The number of anilines is 2. The van der Waals surface area contributed by atoms with Crippen LogP contribution in [0.1, 0.15) is 11.4 Å². The molecule has 0 radical (unpaired) electrons. The molecule has 0 aliphatic carbocycles. The fraction of sp³-hybridized carbons (Fsp3) is 0.263. The zero-order valence-electron chi connectivity index (χ0n) is 15.7. The Labute approximate surface area is 161 Å². The summed E-state index contributed by atoms with van der Waals surface area (Å²) in [5.74, 6) is -1.95. The van der Waals surface area contributed by atoms with Crippen LogP contribution in [0.5, 0.6) is 0 Å². The maximum atomic E-state index is 12.3. The van der Waals surface area contributed by atoms with Crippen LogP contribution in [0, 0.1) is 13.8 Å². The highest BCUT2D eigenvalue weighted by Gasteiger charge is 2.33. The number of nitrogens with one attached hydrogen (secondary N) is 2. The van der Waals surface area contributed by atoms with Crippen molar-refractivity contribution >= 4 is 29.0 Å². The summed E-state index contributed by atoms with van der Waals surface area (Å²) in [6.45, 7) is 2.76. The number of ketones is 1. The van der Waals surface area contributed by atoms with E-state index in [1.54, 1.807) is 42.9 Å². The first-order valence-electron chi connectivity index (χ1n) is 8.56. The predicted octanol–water partition coefficient (Wildman–Crippen LogP) is 1.44. The summed E-state index contributed by atoms with van der Waals surface area (Å²) in [5, 5.41) is 9.73. The highest BCUT2D eigenvalue weighted by Crippen LogP contribution is 2.21. The third-order valence-electron chi connectivity index (χ3n) is 4.20. The molecule has 146 valence electrons. The lowest BCUT2D eigenvalue weighted by Crippen LogP contribution is -2.24. The van der Waals surface area contributed by atoms with Gasteiger partial charge in [0, 0.05) is 12.7 Å². The third-order valence-corrected chi connectivity index (χ3v) is 4.20. The smallest absolute Gasteiger partial charge is 0.347 e. The number of Topliss-reactive ketones (excluding diaryl/α,β-unsaturated/α-hetero) is 1. The molecule has 0 atom stereocenters. The summed E-state index contributed by atoms with van der Waals surface area (Å²) in [6, 6.07) is 8.94. The number of aromatic nitrogens is 2. The lowest BCUT2D eigenvalue weighted by atomic mass is 10.2. The van der Waals surface area contributed by atoms with Gasteiger partial charge in [-0.2, -0.15) is 5.10 Å². The molecule has 9 nitrogen and oxygen atoms in total. The van der Waals surface area contributed by atoms with E-state index >= 15 is 0 Å². The number of carbonyl (C=O) groups is 3. The Morgan fingerprint density at radius 2 is 1.96 bits per heavy atom. The first-order chi connectivity index (χ1) is 13.4. The topological polar surface area (TPSA) is 112 Å². The lowest BCUT2D eigenvalue weighted by Gasteiger charge is -2.09. The number of hydrogen-bond acceptors (Lipinski definition) is 7. The van der Waals surface area contributed by atoms with Crippen molar-refractivity contribution in [1.82, 2.24) is 9.78 Å². The number of amides is 1. The summed E-state index contributed by atoms with van der Waals surface area (Å²) in [4.78, 5) is 36.5. The Morgan fingerprint density at radius 1 is 1.25 bits per heavy atom. The quantitative estimate of drug-likeness (QED) is 0.573. The average molecular weight is 384 g/mol. The van der Waals surface area contributed by atoms with Crippen molar-refractivity contribution in [3.8, 4) is 0 Å². The monoisotopic (exact) mass is 384 g/mol. The zero-order valence-corrected chi connectivity index (χ0v) is 15.7. The minimum Gasteiger partial charge on any atom is -0.470 e. The van der Waals surface area contributed by atoms with Gasteiger partial charge in [0.05, 0.1) is 17.1 Å². The van der Waals surface area contributed by atoms with Crippen molar-refractivity contribution in [2.24, 2.45) is 7.05 Å². The summed E-state index contributed by atoms with van der Waals surface area (Å²) >= 11 is 0. The Kier molecular flexibility index (Phi) is 5.44. The summed E-state index contributed by atoms with van der Waals surface area (Å²) in [6.07, 6.45) is 0. The van der Waals surface area contributed by atoms with Crippen molar-refractivity contribution in [3.63, 3.8) is 0 Å². The number of para-hydroxylation sites is 1. The van der Waals surface area contributed by atoms with E-state index in [9.17, 15) is 14.4 Å². The van der Waals surface area contributed by atoms with Gasteiger partial charge in [0.15, 0.2) is 18.8 Å². The predicted molar refractivity (Wildman–Crippen MR) is 100 cm³/mol. The Bertz CT molecular complexity index is 962. The molecule has 1 amide bonds. The summed E-state index contributed by atoms with van der Waals surface area (Å²) in [5.41, 5.74) is 2.39. The van der Waals surface area contributed by atoms with Gasteiger partial charge in [-0.25, -0.2) is 4.79 Å². The molecule has 9 heteroatoms. The van der Waals surface area contributed by atoms with E-state index in [0.717, 1.165) is 5.69 Å². The van der Waals surface area contributed by atoms with E-state index in [-0.39, 0.29) is 18.1 Å². The van der Waals surface area contributed by atoms with Gasteiger partial charge in [-0.3, -0.25) is 14.3 Å². The van der Waals surface area contributed by atoms with E-state index in [0.29, 0.717) is 17.1 Å². The summed E-state index contributed by atoms with van der Waals surface area (Å²) < 4.78 is 11.9. The van der Waals surface area contributed by atoms with Crippen LogP contribution in [0.3, 0.4) is 0 Å². The number of hydrogen-bond donors (Lipinski definition) is 2. The fourth-order valence-electron chi connectivity index (χ4n) is 2.70. The van der Waals surface area contributed by atoms with Gasteiger partial charge in [-0.05, 0) is 26.0 Å². The number of benzene rings is 1. The molecule has 0 saturated heterocycles. The third kappa shape index (κ3) is 4.03. The van der Waals surface area contributed by atoms with Crippen molar-refractivity contribution in [3.05, 3.63) is 53.2 Å². The van der Waals surface area contributed by atoms with Crippen LogP contribution in [0.15, 0.2) is 41.8 Å². The first-order valence-corrected chi connectivity index (χ1v) is 8.56.